The molecule has 1 aromatic rings. The molecule has 2 amide bonds. The van der Waals surface area contributed by atoms with Gasteiger partial charge in [-0.15, -0.1) is 0 Å². The first-order valence-corrected chi connectivity index (χ1v) is 9.42. The van der Waals surface area contributed by atoms with E-state index in [0.29, 0.717) is 19.5 Å². The number of rotatable bonds is 4. The van der Waals surface area contributed by atoms with Gasteiger partial charge in [0, 0.05) is 37.9 Å². The van der Waals surface area contributed by atoms with Crippen LogP contribution in [0.25, 0.3) is 0 Å². The normalized spacial score (nSPS) is 26.4. The van der Waals surface area contributed by atoms with E-state index >= 15 is 0 Å². The zero-order valence-electron chi connectivity index (χ0n) is 12.6. The van der Waals surface area contributed by atoms with E-state index in [0.717, 1.165) is 5.56 Å². The predicted molar refractivity (Wildman–Crippen MR) is 83.0 cm³/mol. The molecule has 2 atom stereocenters. The molecule has 124 valence electrons. The summed E-state index contributed by atoms with van der Waals surface area (Å²) in [5.74, 6) is -0.585. The van der Waals surface area contributed by atoms with E-state index in [2.05, 4.69) is 10.3 Å². The lowest BCUT2D eigenvalue weighted by molar-refractivity contribution is -0.129. The third-order valence-electron chi connectivity index (χ3n) is 4.26. The average molecular weight is 337 g/mol. The summed E-state index contributed by atoms with van der Waals surface area (Å²) >= 11 is 0. The zero-order valence-corrected chi connectivity index (χ0v) is 13.5. The van der Waals surface area contributed by atoms with Gasteiger partial charge in [-0.2, -0.15) is 0 Å². The van der Waals surface area contributed by atoms with Gasteiger partial charge in [-0.25, -0.2) is 8.42 Å². The fourth-order valence-corrected chi connectivity index (χ4v) is 4.71. The van der Waals surface area contributed by atoms with Gasteiger partial charge in [0.1, 0.15) is 0 Å². The van der Waals surface area contributed by atoms with Crippen LogP contribution in [-0.4, -0.2) is 54.2 Å². The van der Waals surface area contributed by atoms with Gasteiger partial charge in [-0.1, -0.05) is 6.07 Å². The molecule has 0 bridgehead atoms. The number of carbonyl (C=O) groups is 2. The first-order chi connectivity index (χ1) is 10.9. The summed E-state index contributed by atoms with van der Waals surface area (Å²) in [5, 5.41) is 2.77. The molecular weight excluding hydrogens is 318 g/mol. The Bertz CT molecular complexity index is 705. The van der Waals surface area contributed by atoms with Gasteiger partial charge in [0.15, 0.2) is 9.84 Å². The second-order valence-electron chi connectivity index (χ2n) is 6.15. The van der Waals surface area contributed by atoms with Gasteiger partial charge in [-0.05, 0) is 18.1 Å². The number of hydrogen-bond acceptors (Lipinski definition) is 5. The van der Waals surface area contributed by atoms with Crippen LogP contribution in [-0.2, 0) is 26.0 Å². The Labute approximate surface area is 135 Å². The van der Waals surface area contributed by atoms with Crippen LogP contribution in [0.4, 0.5) is 0 Å². The Hall–Kier alpha value is -1.96. The molecule has 2 aliphatic rings. The van der Waals surface area contributed by atoms with E-state index in [1.807, 2.05) is 6.07 Å². The van der Waals surface area contributed by atoms with Crippen molar-refractivity contribution in [3.63, 3.8) is 0 Å². The monoisotopic (exact) mass is 337 g/mol. The molecule has 8 heteroatoms. The number of amides is 2. The average Bonchev–Trinajstić information content (AvgIpc) is 3.03. The first-order valence-electron chi connectivity index (χ1n) is 7.60. The number of carbonyl (C=O) groups excluding carboxylic acids is 2. The van der Waals surface area contributed by atoms with Crippen LogP contribution in [0, 0.1) is 5.92 Å². The van der Waals surface area contributed by atoms with Crippen molar-refractivity contribution in [1.29, 1.82) is 0 Å². The van der Waals surface area contributed by atoms with Crippen LogP contribution in [0.15, 0.2) is 24.5 Å². The second-order valence-corrected chi connectivity index (χ2v) is 8.37. The maximum absolute atomic E-state index is 12.3. The summed E-state index contributed by atoms with van der Waals surface area (Å²) in [6, 6.07) is 3.37. The third-order valence-corrected chi connectivity index (χ3v) is 6.03. The Morgan fingerprint density at radius 1 is 1.43 bits per heavy atom. The van der Waals surface area contributed by atoms with E-state index < -0.39 is 15.8 Å². The predicted octanol–water partition coefficient (Wildman–Crippen LogP) is -0.267. The quantitative estimate of drug-likeness (QED) is 0.816. The molecule has 0 spiro atoms. The molecule has 1 aromatic heterocycles. The van der Waals surface area contributed by atoms with Crippen molar-refractivity contribution in [2.45, 2.75) is 25.4 Å². The number of aromatic nitrogens is 1. The summed E-state index contributed by atoms with van der Waals surface area (Å²) < 4.78 is 22.9. The van der Waals surface area contributed by atoms with Crippen LogP contribution < -0.4 is 5.32 Å². The van der Waals surface area contributed by atoms with Crippen LogP contribution in [0.1, 0.15) is 18.4 Å². The van der Waals surface area contributed by atoms with E-state index in [9.17, 15) is 18.0 Å². The highest BCUT2D eigenvalue weighted by Gasteiger charge is 2.36. The first kappa shape index (κ1) is 15.9. The number of likely N-dealkylation sites (tertiary alicyclic amines) is 1. The lowest BCUT2D eigenvalue weighted by Gasteiger charge is -2.17. The summed E-state index contributed by atoms with van der Waals surface area (Å²) in [6.07, 6.45) is 3.99. The van der Waals surface area contributed by atoms with Crippen LogP contribution in [0.5, 0.6) is 0 Å². The summed E-state index contributed by atoms with van der Waals surface area (Å²) in [6.45, 7) is 0.799. The van der Waals surface area contributed by atoms with Gasteiger partial charge in [0.05, 0.1) is 17.4 Å². The summed E-state index contributed by atoms with van der Waals surface area (Å²) in [5.41, 5.74) is 0.920. The van der Waals surface area contributed by atoms with Crippen LogP contribution >= 0.6 is 0 Å². The minimum atomic E-state index is -3.03. The molecule has 7 nitrogen and oxygen atoms in total. The van der Waals surface area contributed by atoms with E-state index in [1.165, 1.54) is 0 Å². The van der Waals surface area contributed by atoms with E-state index in [4.69, 9.17) is 0 Å². The van der Waals surface area contributed by atoms with Crippen molar-refractivity contribution in [2.24, 2.45) is 5.92 Å². The highest BCUT2D eigenvalue weighted by molar-refractivity contribution is 7.91. The number of hydrogen-bond donors (Lipinski definition) is 1. The maximum atomic E-state index is 12.3. The Morgan fingerprint density at radius 2 is 2.26 bits per heavy atom. The molecule has 2 aliphatic heterocycles. The molecule has 3 rings (SSSR count). The standard InChI is InChI=1S/C15H19N3O4S/c19-14-6-12(9-18(14)8-11-2-1-4-16-7-11)15(20)17-13-3-5-23(21,22)10-13/h1-2,4,7,12-13H,3,5-6,8-10H2,(H,17,20). The van der Waals surface area contributed by atoms with Gasteiger partial charge in [-0.3, -0.25) is 14.6 Å². The number of nitrogens with one attached hydrogen (secondary N) is 1. The van der Waals surface area contributed by atoms with Crippen LogP contribution in [0.2, 0.25) is 0 Å². The zero-order chi connectivity index (χ0) is 16.4. The fourth-order valence-electron chi connectivity index (χ4n) is 3.04. The lowest BCUT2D eigenvalue weighted by Crippen LogP contribution is -2.40. The maximum Gasteiger partial charge on any atom is 0.225 e. The van der Waals surface area contributed by atoms with Crippen molar-refractivity contribution in [2.75, 3.05) is 18.1 Å². The molecule has 2 fully saturated rings. The smallest absolute Gasteiger partial charge is 0.225 e. The minimum Gasteiger partial charge on any atom is -0.352 e. The minimum absolute atomic E-state index is 0.00119. The molecule has 2 saturated heterocycles. The lowest BCUT2D eigenvalue weighted by atomic mass is 10.1. The van der Waals surface area contributed by atoms with Crippen molar-refractivity contribution < 1.29 is 18.0 Å². The van der Waals surface area contributed by atoms with Crippen LogP contribution in [0.3, 0.4) is 0 Å². The number of nitrogens with zero attached hydrogens (tertiary/aromatic N) is 2. The topological polar surface area (TPSA) is 96.4 Å². The second kappa shape index (κ2) is 6.27. The molecule has 1 N–H and O–H groups in total. The Kier molecular flexibility index (Phi) is 4.34. The highest BCUT2D eigenvalue weighted by Crippen LogP contribution is 2.21. The Morgan fingerprint density at radius 3 is 2.91 bits per heavy atom. The van der Waals surface area contributed by atoms with Crippen molar-refractivity contribution in [3.05, 3.63) is 30.1 Å². The summed E-state index contributed by atoms with van der Waals surface area (Å²) in [4.78, 5) is 30.0. The molecule has 23 heavy (non-hydrogen) atoms. The molecule has 0 aromatic carbocycles. The number of sulfone groups is 1. The van der Waals surface area contributed by atoms with E-state index in [1.54, 1.807) is 23.4 Å². The van der Waals surface area contributed by atoms with Gasteiger partial charge in [0.2, 0.25) is 11.8 Å². The SMILES string of the molecule is O=C(NC1CCS(=O)(=O)C1)C1CC(=O)N(Cc2cccnc2)C1. The van der Waals surface area contributed by atoms with Crippen molar-refractivity contribution >= 4 is 21.7 Å². The fraction of sp³-hybridized carbons (Fsp3) is 0.533. The van der Waals surface area contributed by atoms with Crippen molar-refractivity contribution in [3.8, 4) is 0 Å². The largest absolute Gasteiger partial charge is 0.352 e. The van der Waals surface area contributed by atoms with Gasteiger partial charge < -0.3 is 10.2 Å². The molecular formula is C15H19N3O4S. The highest BCUT2D eigenvalue weighted by atomic mass is 32.2. The molecule has 2 unspecified atom stereocenters. The van der Waals surface area contributed by atoms with Gasteiger partial charge in [0.25, 0.3) is 0 Å². The Balaban J connectivity index is 1.56. The molecule has 0 saturated carbocycles. The molecule has 0 radical (unpaired) electrons. The number of pyridine rings is 1. The van der Waals surface area contributed by atoms with Crippen molar-refractivity contribution in [1.82, 2.24) is 15.2 Å². The molecule has 3 heterocycles. The van der Waals surface area contributed by atoms with E-state index in [-0.39, 0.29) is 35.8 Å². The molecule has 0 aliphatic carbocycles. The third kappa shape index (κ3) is 3.87. The van der Waals surface area contributed by atoms with Gasteiger partial charge >= 0.3 is 0 Å². The summed E-state index contributed by atoms with van der Waals surface area (Å²) in [7, 11) is -3.03.